The zero-order valence-corrected chi connectivity index (χ0v) is 9.18. The second-order valence-electron chi connectivity index (χ2n) is 3.43. The molecule has 0 saturated heterocycles. The molecule has 16 heavy (non-hydrogen) atoms. The molecule has 1 aromatic carbocycles. The van der Waals surface area contributed by atoms with Gasteiger partial charge in [-0.2, -0.15) is 0 Å². The van der Waals surface area contributed by atoms with E-state index < -0.39 is 0 Å². The number of benzene rings is 1. The van der Waals surface area contributed by atoms with Crippen LogP contribution in [0.15, 0.2) is 48.7 Å². The van der Waals surface area contributed by atoms with E-state index in [4.69, 9.17) is 4.74 Å². The summed E-state index contributed by atoms with van der Waals surface area (Å²) < 4.78 is 4.99. The molecule has 1 N–H and O–H groups in total. The highest BCUT2D eigenvalue weighted by Gasteiger charge is 1.95. The quantitative estimate of drug-likeness (QED) is 0.849. The molecule has 2 aromatic rings. The molecule has 0 aliphatic rings. The molecule has 2 rings (SSSR count). The first-order valence-corrected chi connectivity index (χ1v) is 5.16. The molecule has 0 unspecified atom stereocenters. The lowest BCUT2D eigenvalue weighted by Gasteiger charge is -2.06. The van der Waals surface area contributed by atoms with Crippen molar-refractivity contribution in [3.8, 4) is 5.88 Å². The van der Waals surface area contributed by atoms with Crippen LogP contribution in [0.4, 0.5) is 5.69 Å². The van der Waals surface area contributed by atoms with E-state index in [0.717, 1.165) is 12.2 Å². The number of aromatic nitrogens is 1. The fraction of sp³-hybridized carbons (Fsp3) is 0.154. The highest BCUT2D eigenvalue weighted by molar-refractivity contribution is 5.42. The molecular weight excluding hydrogens is 200 g/mol. The molecule has 0 aliphatic heterocycles. The number of hydrogen-bond acceptors (Lipinski definition) is 3. The lowest BCUT2D eigenvalue weighted by atomic mass is 10.2. The molecule has 82 valence electrons. The number of ether oxygens (including phenoxy) is 1. The molecule has 0 spiro atoms. The van der Waals surface area contributed by atoms with E-state index in [1.165, 1.54) is 5.56 Å². The summed E-state index contributed by atoms with van der Waals surface area (Å²) in [7, 11) is 1.61. The van der Waals surface area contributed by atoms with Crippen LogP contribution < -0.4 is 10.1 Å². The maximum atomic E-state index is 4.99. The van der Waals surface area contributed by atoms with Crippen LogP contribution >= 0.6 is 0 Å². The van der Waals surface area contributed by atoms with E-state index in [1.54, 1.807) is 13.3 Å². The van der Waals surface area contributed by atoms with Gasteiger partial charge in [-0.3, -0.25) is 0 Å². The van der Waals surface area contributed by atoms with E-state index >= 15 is 0 Å². The number of nitrogens with one attached hydrogen (secondary N) is 1. The van der Waals surface area contributed by atoms with E-state index in [9.17, 15) is 0 Å². The summed E-state index contributed by atoms with van der Waals surface area (Å²) >= 11 is 0. The summed E-state index contributed by atoms with van der Waals surface area (Å²) in [6.07, 6.45) is 1.77. The fourth-order valence-electron chi connectivity index (χ4n) is 1.41. The van der Waals surface area contributed by atoms with Crippen molar-refractivity contribution >= 4 is 5.69 Å². The van der Waals surface area contributed by atoms with Gasteiger partial charge in [-0.15, -0.1) is 0 Å². The van der Waals surface area contributed by atoms with Gasteiger partial charge < -0.3 is 10.1 Å². The first kappa shape index (κ1) is 10.5. The van der Waals surface area contributed by atoms with Gasteiger partial charge in [-0.25, -0.2) is 4.98 Å². The van der Waals surface area contributed by atoms with E-state index in [2.05, 4.69) is 22.4 Å². The Bertz CT molecular complexity index is 425. The van der Waals surface area contributed by atoms with Crippen LogP contribution in [0.25, 0.3) is 0 Å². The number of methoxy groups -OCH3 is 1. The van der Waals surface area contributed by atoms with E-state index in [-0.39, 0.29) is 0 Å². The molecular formula is C13H14N2O. The van der Waals surface area contributed by atoms with Crippen molar-refractivity contribution in [3.63, 3.8) is 0 Å². The van der Waals surface area contributed by atoms with Crippen molar-refractivity contribution in [2.45, 2.75) is 6.54 Å². The summed E-state index contributed by atoms with van der Waals surface area (Å²) in [6.45, 7) is 0.800. The van der Waals surface area contributed by atoms with Crippen LogP contribution in [0, 0.1) is 0 Å². The summed E-state index contributed by atoms with van der Waals surface area (Å²) in [6, 6.07) is 14.0. The lowest BCUT2D eigenvalue weighted by molar-refractivity contribution is 0.398. The van der Waals surface area contributed by atoms with Gasteiger partial charge in [0.25, 0.3) is 0 Å². The first-order chi connectivity index (χ1) is 7.88. The highest BCUT2D eigenvalue weighted by atomic mass is 16.5. The molecule has 3 nitrogen and oxygen atoms in total. The van der Waals surface area contributed by atoms with Crippen molar-refractivity contribution in [3.05, 3.63) is 54.2 Å². The van der Waals surface area contributed by atoms with Crippen LogP contribution in [0.2, 0.25) is 0 Å². The maximum absolute atomic E-state index is 4.99. The van der Waals surface area contributed by atoms with Crippen LogP contribution in [0.3, 0.4) is 0 Å². The van der Waals surface area contributed by atoms with Crippen LogP contribution in [0.5, 0.6) is 5.88 Å². The van der Waals surface area contributed by atoms with Gasteiger partial charge in [0.15, 0.2) is 0 Å². The van der Waals surface area contributed by atoms with Gasteiger partial charge in [-0.05, 0) is 11.6 Å². The molecule has 0 saturated carbocycles. The second kappa shape index (κ2) is 5.16. The predicted molar refractivity (Wildman–Crippen MR) is 64.6 cm³/mol. The molecule has 0 bridgehead atoms. The molecule has 1 aromatic heterocycles. The van der Waals surface area contributed by atoms with Crippen LogP contribution in [0.1, 0.15) is 5.56 Å². The minimum absolute atomic E-state index is 0.630. The number of nitrogens with zero attached hydrogens (tertiary/aromatic N) is 1. The average molecular weight is 214 g/mol. The zero-order valence-electron chi connectivity index (χ0n) is 9.18. The highest BCUT2D eigenvalue weighted by Crippen LogP contribution is 2.12. The van der Waals surface area contributed by atoms with Crippen LogP contribution in [-0.4, -0.2) is 12.1 Å². The Hall–Kier alpha value is -2.03. The summed E-state index contributed by atoms with van der Waals surface area (Å²) in [5.74, 6) is 0.630. The maximum Gasteiger partial charge on any atom is 0.213 e. The van der Waals surface area contributed by atoms with Gasteiger partial charge in [0.05, 0.1) is 19.0 Å². The fourth-order valence-corrected chi connectivity index (χ4v) is 1.41. The average Bonchev–Trinajstić information content (AvgIpc) is 2.38. The van der Waals surface area contributed by atoms with Gasteiger partial charge in [0, 0.05) is 12.6 Å². The Morgan fingerprint density at radius 1 is 1.12 bits per heavy atom. The number of rotatable bonds is 4. The monoisotopic (exact) mass is 214 g/mol. The summed E-state index contributed by atoms with van der Waals surface area (Å²) in [5.41, 5.74) is 2.24. The molecule has 0 amide bonds. The van der Waals surface area contributed by atoms with Gasteiger partial charge in [-0.1, -0.05) is 30.3 Å². The van der Waals surface area contributed by atoms with Gasteiger partial charge in [0.1, 0.15) is 0 Å². The third-order valence-electron chi connectivity index (χ3n) is 2.28. The minimum atomic E-state index is 0.630. The topological polar surface area (TPSA) is 34.1 Å². The normalized spacial score (nSPS) is 9.81. The molecule has 1 heterocycles. The smallest absolute Gasteiger partial charge is 0.213 e. The van der Waals surface area contributed by atoms with Crippen molar-refractivity contribution in [1.29, 1.82) is 0 Å². The minimum Gasteiger partial charge on any atom is -0.481 e. The second-order valence-corrected chi connectivity index (χ2v) is 3.43. The Balaban J connectivity index is 1.94. The van der Waals surface area contributed by atoms with E-state index in [1.807, 2.05) is 30.3 Å². The molecule has 0 fully saturated rings. The van der Waals surface area contributed by atoms with Gasteiger partial charge in [0.2, 0.25) is 5.88 Å². The predicted octanol–water partition coefficient (Wildman–Crippen LogP) is 2.70. The van der Waals surface area contributed by atoms with Crippen molar-refractivity contribution in [2.75, 3.05) is 12.4 Å². The Morgan fingerprint density at radius 3 is 2.56 bits per heavy atom. The zero-order chi connectivity index (χ0) is 11.2. The Labute approximate surface area is 95.1 Å². The SMILES string of the molecule is COc1ccc(NCc2ccccc2)cn1. The molecule has 0 radical (unpaired) electrons. The lowest BCUT2D eigenvalue weighted by Crippen LogP contribution is -1.99. The molecule has 0 atom stereocenters. The Kier molecular flexibility index (Phi) is 3.38. The van der Waals surface area contributed by atoms with Crippen LogP contribution in [-0.2, 0) is 6.54 Å². The van der Waals surface area contributed by atoms with Crippen molar-refractivity contribution in [2.24, 2.45) is 0 Å². The third-order valence-corrected chi connectivity index (χ3v) is 2.28. The summed E-state index contributed by atoms with van der Waals surface area (Å²) in [4.78, 5) is 4.12. The first-order valence-electron chi connectivity index (χ1n) is 5.16. The molecule has 0 aliphatic carbocycles. The third kappa shape index (κ3) is 2.73. The van der Waals surface area contributed by atoms with Crippen molar-refractivity contribution < 1.29 is 4.74 Å². The number of hydrogen-bond donors (Lipinski definition) is 1. The van der Waals surface area contributed by atoms with E-state index in [0.29, 0.717) is 5.88 Å². The number of anilines is 1. The standard InChI is InChI=1S/C13H14N2O/c1-16-13-8-7-12(10-15-13)14-9-11-5-3-2-4-6-11/h2-8,10,14H,9H2,1H3. The Morgan fingerprint density at radius 2 is 1.94 bits per heavy atom. The van der Waals surface area contributed by atoms with Crippen molar-refractivity contribution in [1.82, 2.24) is 4.98 Å². The number of pyridine rings is 1. The molecule has 3 heteroatoms. The van der Waals surface area contributed by atoms with Gasteiger partial charge >= 0.3 is 0 Å². The summed E-state index contributed by atoms with van der Waals surface area (Å²) in [5, 5.41) is 3.29. The largest absolute Gasteiger partial charge is 0.481 e.